The van der Waals surface area contributed by atoms with Crippen LogP contribution in [-0.4, -0.2) is 42.0 Å². The Morgan fingerprint density at radius 2 is 2.00 bits per heavy atom. The first-order chi connectivity index (χ1) is 13.5. The normalized spacial score (nSPS) is 16.9. The molecule has 0 radical (unpaired) electrons. The van der Waals surface area contributed by atoms with Crippen LogP contribution in [0.25, 0.3) is 0 Å². The van der Waals surface area contributed by atoms with Crippen LogP contribution < -0.4 is 10.1 Å². The number of phenols is 1. The van der Waals surface area contributed by atoms with E-state index >= 15 is 0 Å². The van der Waals surface area contributed by atoms with Crippen LogP contribution in [0, 0.1) is 0 Å². The van der Waals surface area contributed by atoms with Crippen LogP contribution in [-0.2, 0) is 22.4 Å². The van der Waals surface area contributed by atoms with Crippen LogP contribution in [0.2, 0.25) is 0 Å². The highest BCUT2D eigenvalue weighted by molar-refractivity contribution is 5.71. The Kier molecular flexibility index (Phi) is 6.90. The van der Waals surface area contributed by atoms with Crippen molar-refractivity contribution in [2.75, 3.05) is 19.8 Å². The molecular formula is C22H27NO5. The summed E-state index contributed by atoms with van der Waals surface area (Å²) in [6.45, 7) is 2.47. The molecule has 3 N–H and O–H groups in total. The number of aliphatic hydroxyl groups is 1. The van der Waals surface area contributed by atoms with Gasteiger partial charge in [-0.05, 0) is 67.1 Å². The Morgan fingerprint density at radius 1 is 1.21 bits per heavy atom. The van der Waals surface area contributed by atoms with Crippen molar-refractivity contribution in [1.82, 2.24) is 5.32 Å². The monoisotopic (exact) mass is 385 g/mol. The molecule has 0 aromatic heterocycles. The van der Waals surface area contributed by atoms with Crippen LogP contribution in [0.15, 0.2) is 42.5 Å². The van der Waals surface area contributed by atoms with Crippen LogP contribution >= 0.6 is 0 Å². The number of esters is 1. The molecule has 0 fully saturated rings. The Hall–Kier alpha value is -2.57. The van der Waals surface area contributed by atoms with Gasteiger partial charge in [-0.15, -0.1) is 0 Å². The minimum absolute atomic E-state index is 0.0902. The van der Waals surface area contributed by atoms with E-state index in [0.29, 0.717) is 18.9 Å². The van der Waals surface area contributed by atoms with Crippen molar-refractivity contribution in [2.45, 2.75) is 38.3 Å². The molecule has 0 spiro atoms. The quantitative estimate of drug-likeness (QED) is 0.605. The third-order valence-electron chi connectivity index (χ3n) is 4.95. The molecular weight excluding hydrogens is 358 g/mol. The van der Waals surface area contributed by atoms with Gasteiger partial charge in [0, 0.05) is 12.6 Å². The van der Waals surface area contributed by atoms with Gasteiger partial charge in [0.2, 0.25) is 0 Å². The predicted molar refractivity (Wildman–Crippen MR) is 105 cm³/mol. The third-order valence-corrected chi connectivity index (χ3v) is 4.95. The van der Waals surface area contributed by atoms with E-state index in [0.717, 1.165) is 24.8 Å². The summed E-state index contributed by atoms with van der Waals surface area (Å²) in [5.74, 6) is 0.480. The molecule has 1 aliphatic carbocycles. The van der Waals surface area contributed by atoms with Gasteiger partial charge in [0.05, 0.1) is 12.7 Å². The minimum Gasteiger partial charge on any atom is -0.508 e. The number of carbonyl (C=O) groups is 1. The molecule has 1 unspecified atom stereocenters. The van der Waals surface area contributed by atoms with Crippen LogP contribution in [0.1, 0.15) is 36.1 Å². The fraction of sp³-hybridized carbons (Fsp3) is 0.409. The standard InChI is InChI=1S/C22H27NO5/c1-2-27-22(26)14-28-20-10-6-15-3-7-18(11-17(15)12-20)23-13-21(25)16-4-8-19(24)9-5-16/h4-6,8-10,12,18,21,23-25H,2-3,7,11,13-14H2,1H3/t18-,21?/m0/s1. The number of hydrogen-bond acceptors (Lipinski definition) is 6. The lowest BCUT2D eigenvalue weighted by molar-refractivity contribution is -0.145. The van der Waals surface area contributed by atoms with Crippen molar-refractivity contribution < 1.29 is 24.5 Å². The van der Waals surface area contributed by atoms with Gasteiger partial charge in [0.25, 0.3) is 0 Å². The topological polar surface area (TPSA) is 88.0 Å². The molecule has 1 aliphatic rings. The maximum atomic E-state index is 11.4. The number of nitrogens with one attached hydrogen (secondary N) is 1. The Morgan fingerprint density at radius 3 is 2.75 bits per heavy atom. The maximum absolute atomic E-state index is 11.4. The van der Waals surface area contributed by atoms with Crippen LogP contribution in [0.4, 0.5) is 0 Å². The van der Waals surface area contributed by atoms with E-state index < -0.39 is 6.10 Å². The van der Waals surface area contributed by atoms with Crippen LogP contribution in [0.5, 0.6) is 11.5 Å². The summed E-state index contributed by atoms with van der Waals surface area (Å²) in [5, 5.41) is 23.1. The SMILES string of the molecule is CCOC(=O)COc1ccc2c(c1)C[C@@H](NCC(O)c1ccc(O)cc1)CC2. The van der Waals surface area contributed by atoms with Gasteiger partial charge in [-0.25, -0.2) is 4.79 Å². The minimum atomic E-state index is -0.624. The number of hydrogen-bond donors (Lipinski definition) is 3. The van der Waals surface area contributed by atoms with E-state index in [9.17, 15) is 15.0 Å². The van der Waals surface area contributed by atoms with Crippen LogP contribution in [0.3, 0.4) is 0 Å². The summed E-state index contributed by atoms with van der Waals surface area (Å²) in [6.07, 6.45) is 2.17. The molecule has 2 aromatic rings. The highest BCUT2D eigenvalue weighted by Crippen LogP contribution is 2.26. The molecule has 0 saturated carbocycles. The fourth-order valence-electron chi connectivity index (χ4n) is 3.44. The number of aromatic hydroxyl groups is 1. The average Bonchev–Trinajstić information content (AvgIpc) is 2.71. The Bertz CT molecular complexity index is 790. The predicted octanol–water partition coefficient (Wildman–Crippen LogP) is 2.51. The Balaban J connectivity index is 1.53. The number of benzene rings is 2. The van der Waals surface area contributed by atoms with Gasteiger partial charge in [0.1, 0.15) is 11.5 Å². The number of rotatable bonds is 8. The van der Waals surface area contributed by atoms with Gasteiger partial charge < -0.3 is 25.0 Å². The van der Waals surface area contributed by atoms with E-state index in [-0.39, 0.29) is 24.4 Å². The van der Waals surface area contributed by atoms with E-state index in [1.165, 1.54) is 11.1 Å². The van der Waals surface area contributed by atoms with E-state index in [2.05, 4.69) is 11.4 Å². The van der Waals surface area contributed by atoms with Crippen molar-refractivity contribution >= 4 is 5.97 Å². The molecule has 0 amide bonds. The lowest BCUT2D eigenvalue weighted by Crippen LogP contribution is -2.37. The van der Waals surface area contributed by atoms with Gasteiger partial charge >= 0.3 is 5.97 Å². The smallest absolute Gasteiger partial charge is 0.344 e. The molecule has 0 heterocycles. The number of fused-ring (bicyclic) bond motifs is 1. The second kappa shape index (κ2) is 9.57. The molecule has 150 valence electrons. The summed E-state index contributed by atoms with van der Waals surface area (Å²) in [6, 6.07) is 12.8. The first kappa shape index (κ1) is 20.2. The van der Waals surface area contributed by atoms with E-state index in [1.54, 1.807) is 31.2 Å². The van der Waals surface area contributed by atoms with Crippen molar-refractivity contribution in [2.24, 2.45) is 0 Å². The zero-order chi connectivity index (χ0) is 19.9. The summed E-state index contributed by atoms with van der Waals surface area (Å²) in [7, 11) is 0. The van der Waals surface area contributed by atoms with Crippen molar-refractivity contribution in [3.05, 3.63) is 59.2 Å². The van der Waals surface area contributed by atoms with Gasteiger partial charge in [0.15, 0.2) is 6.61 Å². The zero-order valence-electron chi connectivity index (χ0n) is 16.1. The first-order valence-corrected chi connectivity index (χ1v) is 9.65. The lowest BCUT2D eigenvalue weighted by Gasteiger charge is -2.27. The third kappa shape index (κ3) is 5.47. The number of aliphatic hydroxyl groups excluding tert-OH is 1. The number of ether oxygens (including phenoxy) is 2. The lowest BCUT2D eigenvalue weighted by atomic mass is 9.88. The second-order valence-corrected chi connectivity index (χ2v) is 6.98. The molecule has 2 aromatic carbocycles. The summed E-state index contributed by atoms with van der Waals surface area (Å²) in [5.41, 5.74) is 3.26. The van der Waals surface area contributed by atoms with Gasteiger partial charge in [-0.3, -0.25) is 0 Å². The molecule has 0 bridgehead atoms. The summed E-state index contributed by atoms with van der Waals surface area (Å²) in [4.78, 5) is 11.4. The largest absolute Gasteiger partial charge is 0.508 e. The number of phenolic OH excluding ortho intramolecular Hbond substituents is 1. The molecule has 0 aliphatic heterocycles. The second-order valence-electron chi connectivity index (χ2n) is 6.98. The maximum Gasteiger partial charge on any atom is 0.344 e. The number of carbonyl (C=O) groups excluding carboxylic acids is 1. The Labute approximate surface area is 165 Å². The zero-order valence-corrected chi connectivity index (χ0v) is 16.1. The molecule has 6 heteroatoms. The molecule has 0 saturated heterocycles. The van der Waals surface area contributed by atoms with Crippen molar-refractivity contribution in [1.29, 1.82) is 0 Å². The van der Waals surface area contributed by atoms with Crippen molar-refractivity contribution in [3.8, 4) is 11.5 Å². The van der Waals surface area contributed by atoms with Crippen molar-refractivity contribution in [3.63, 3.8) is 0 Å². The summed E-state index contributed by atoms with van der Waals surface area (Å²) >= 11 is 0. The van der Waals surface area contributed by atoms with E-state index in [1.807, 2.05) is 12.1 Å². The fourth-order valence-corrected chi connectivity index (χ4v) is 3.44. The van der Waals surface area contributed by atoms with Gasteiger partial charge in [-0.2, -0.15) is 0 Å². The summed E-state index contributed by atoms with van der Waals surface area (Å²) < 4.78 is 10.4. The first-order valence-electron chi connectivity index (χ1n) is 9.65. The number of aryl methyl sites for hydroxylation is 1. The molecule has 6 nitrogen and oxygen atoms in total. The van der Waals surface area contributed by atoms with E-state index in [4.69, 9.17) is 9.47 Å². The molecule has 28 heavy (non-hydrogen) atoms. The molecule has 2 atom stereocenters. The molecule has 3 rings (SSSR count). The highest BCUT2D eigenvalue weighted by Gasteiger charge is 2.20. The highest BCUT2D eigenvalue weighted by atomic mass is 16.6. The van der Waals surface area contributed by atoms with Gasteiger partial charge in [-0.1, -0.05) is 18.2 Å². The average molecular weight is 385 g/mol.